The zero-order valence-corrected chi connectivity index (χ0v) is 23.1. The molecule has 4 saturated carbocycles. The van der Waals surface area contributed by atoms with E-state index in [-0.39, 0.29) is 11.4 Å². The second-order valence-electron chi connectivity index (χ2n) is 14.8. The van der Waals surface area contributed by atoms with Crippen molar-refractivity contribution in [3.63, 3.8) is 0 Å². The minimum atomic E-state index is -0.116. The third-order valence-corrected chi connectivity index (χ3v) is 13.1. The summed E-state index contributed by atoms with van der Waals surface area (Å²) in [4.78, 5) is 11.8. The molecule has 5 aliphatic rings. The molecule has 9 atom stereocenters. The number of rotatable bonds is 3. The van der Waals surface area contributed by atoms with Crippen molar-refractivity contribution in [1.82, 2.24) is 0 Å². The van der Waals surface area contributed by atoms with Crippen molar-refractivity contribution in [2.45, 2.75) is 106 Å². The van der Waals surface area contributed by atoms with E-state index in [2.05, 4.69) is 60.3 Å². The Morgan fingerprint density at radius 2 is 1.65 bits per heavy atom. The van der Waals surface area contributed by atoms with Gasteiger partial charge in [-0.25, -0.2) is 0 Å². The predicted molar refractivity (Wildman–Crippen MR) is 140 cm³/mol. The zero-order chi connectivity index (χ0) is 24.7. The van der Waals surface area contributed by atoms with Gasteiger partial charge in [0.05, 0.1) is 6.61 Å². The number of carbonyl (C=O) groups is 1. The fraction of sp³-hybridized carbons (Fsp3) is 0.844. The molecule has 2 heteroatoms. The van der Waals surface area contributed by atoms with E-state index in [9.17, 15) is 4.79 Å². The molecule has 190 valence electrons. The van der Waals surface area contributed by atoms with Crippen molar-refractivity contribution < 1.29 is 9.53 Å². The topological polar surface area (TPSA) is 26.3 Å². The lowest BCUT2D eigenvalue weighted by atomic mass is 9.33. The Kier molecular flexibility index (Phi) is 5.60. The van der Waals surface area contributed by atoms with Gasteiger partial charge < -0.3 is 4.74 Å². The van der Waals surface area contributed by atoms with Crippen LogP contribution in [0.15, 0.2) is 24.3 Å². The first kappa shape index (κ1) is 24.6. The molecule has 0 radical (unpaired) electrons. The van der Waals surface area contributed by atoms with Crippen LogP contribution in [0, 0.1) is 56.7 Å². The molecule has 0 aromatic carbocycles. The second-order valence-corrected chi connectivity index (χ2v) is 14.8. The highest BCUT2D eigenvalue weighted by atomic mass is 16.5. The molecule has 2 nitrogen and oxygen atoms in total. The maximum absolute atomic E-state index is 11.8. The largest absolute Gasteiger partial charge is 0.465 e. The summed E-state index contributed by atoms with van der Waals surface area (Å²) < 4.78 is 5.79. The summed E-state index contributed by atoms with van der Waals surface area (Å²) in [5, 5.41) is 0. The fourth-order valence-corrected chi connectivity index (χ4v) is 11.4. The fourth-order valence-electron chi connectivity index (χ4n) is 11.4. The first-order valence-electron chi connectivity index (χ1n) is 14.3. The Morgan fingerprint density at radius 3 is 2.32 bits per heavy atom. The summed E-state index contributed by atoms with van der Waals surface area (Å²) in [7, 11) is 0. The third-order valence-electron chi connectivity index (χ3n) is 13.1. The molecule has 5 rings (SSSR count). The minimum Gasteiger partial charge on any atom is -0.465 e. The number of carbonyl (C=O) groups excluding carboxylic acids is 1. The van der Waals surface area contributed by atoms with E-state index in [1.54, 1.807) is 6.92 Å². The van der Waals surface area contributed by atoms with Crippen molar-refractivity contribution >= 4 is 5.97 Å². The van der Waals surface area contributed by atoms with E-state index in [1.807, 2.05) is 0 Å². The van der Waals surface area contributed by atoms with Crippen LogP contribution in [0.5, 0.6) is 0 Å². The summed E-state index contributed by atoms with van der Waals surface area (Å²) in [5.74, 6) is 3.40. The monoisotopic (exact) mass is 466 g/mol. The van der Waals surface area contributed by atoms with Gasteiger partial charge in [-0.1, -0.05) is 58.9 Å². The number of hydrogen-bond donors (Lipinski definition) is 0. The van der Waals surface area contributed by atoms with E-state index in [0.717, 1.165) is 17.8 Å². The van der Waals surface area contributed by atoms with Crippen LogP contribution in [0.4, 0.5) is 0 Å². The van der Waals surface area contributed by atoms with Gasteiger partial charge in [0.15, 0.2) is 0 Å². The van der Waals surface area contributed by atoms with Crippen LogP contribution in [-0.2, 0) is 9.53 Å². The summed E-state index contributed by atoms with van der Waals surface area (Å²) in [6.07, 6.45) is 16.7. The van der Waals surface area contributed by atoms with Crippen molar-refractivity contribution in [3.8, 4) is 0 Å². The van der Waals surface area contributed by atoms with Gasteiger partial charge in [0.25, 0.3) is 0 Å². The molecule has 0 bridgehead atoms. The molecule has 0 aromatic heterocycles. The van der Waals surface area contributed by atoms with Gasteiger partial charge in [-0.3, -0.25) is 4.79 Å². The van der Waals surface area contributed by atoms with Crippen molar-refractivity contribution in [2.75, 3.05) is 6.61 Å². The first-order chi connectivity index (χ1) is 15.8. The summed E-state index contributed by atoms with van der Waals surface area (Å²) in [6.45, 7) is 22.0. The Labute approximate surface area is 209 Å². The Balaban J connectivity index is 1.54. The summed E-state index contributed by atoms with van der Waals surface area (Å²) >= 11 is 0. The van der Waals surface area contributed by atoms with Crippen LogP contribution in [-0.4, -0.2) is 12.6 Å². The lowest BCUT2D eigenvalue weighted by molar-refractivity contribution is -0.230. The standard InChI is InChI=1S/C32H50O2/c1-21(2)23-12-17-32(20-34-22(3)33)19-18-30(7)24(27(23)32)10-11-26-29(6)15-9-14-28(4,5)25(29)13-16-31(26,30)8/h9,14,23-27H,1,10-13,15-20H2,2-8H3/t23-,24+,25-,26+,27+,29-,30+,31+,32+/m0/s1. The van der Waals surface area contributed by atoms with E-state index < -0.39 is 0 Å². The third kappa shape index (κ3) is 3.15. The van der Waals surface area contributed by atoms with E-state index in [1.165, 1.54) is 63.4 Å². The molecule has 0 amide bonds. The van der Waals surface area contributed by atoms with Crippen molar-refractivity contribution in [2.24, 2.45) is 56.7 Å². The van der Waals surface area contributed by atoms with Gasteiger partial charge in [-0.05, 0) is 116 Å². The molecule has 0 N–H and O–H groups in total. The average Bonchev–Trinajstić information content (AvgIpc) is 3.12. The minimum absolute atomic E-state index is 0.116. The maximum Gasteiger partial charge on any atom is 0.302 e. The van der Waals surface area contributed by atoms with Crippen LogP contribution in [0.25, 0.3) is 0 Å². The molecule has 0 unspecified atom stereocenters. The van der Waals surface area contributed by atoms with Crippen LogP contribution in [0.3, 0.4) is 0 Å². The molecule has 0 spiro atoms. The zero-order valence-electron chi connectivity index (χ0n) is 23.1. The number of fused-ring (bicyclic) bond motifs is 7. The van der Waals surface area contributed by atoms with Crippen LogP contribution in [0.1, 0.15) is 106 Å². The first-order valence-corrected chi connectivity index (χ1v) is 14.3. The van der Waals surface area contributed by atoms with E-state index >= 15 is 0 Å². The highest BCUT2D eigenvalue weighted by Gasteiger charge is 2.70. The number of ether oxygens (including phenoxy) is 1. The smallest absolute Gasteiger partial charge is 0.302 e. The summed E-state index contributed by atoms with van der Waals surface area (Å²) in [5.41, 5.74) is 3.00. The Morgan fingerprint density at radius 1 is 0.912 bits per heavy atom. The van der Waals surface area contributed by atoms with Gasteiger partial charge in [-0.2, -0.15) is 0 Å². The van der Waals surface area contributed by atoms with E-state index in [0.29, 0.717) is 40.1 Å². The molecular weight excluding hydrogens is 416 g/mol. The van der Waals surface area contributed by atoms with Gasteiger partial charge in [0.2, 0.25) is 0 Å². The average molecular weight is 467 g/mol. The Hall–Kier alpha value is -1.05. The molecule has 0 heterocycles. The molecule has 0 aliphatic heterocycles. The number of esters is 1. The highest BCUT2D eigenvalue weighted by molar-refractivity contribution is 5.65. The molecular formula is C32H50O2. The molecule has 0 aromatic rings. The maximum atomic E-state index is 11.8. The Bertz CT molecular complexity index is 899. The SMILES string of the molecule is C=C(C)[C@@H]1CC[C@]2(COC(C)=O)CC[C@]3(C)[C@H](CC[C@@H]4[C@@]5(C)CC=CC(C)(C)[C@@H]5CC[C@]43C)[C@@H]12. The quantitative estimate of drug-likeness (QED) is 0.308. The van der Waals surface area contributed by atoms with Gasteiger partial charge in [0, 0.05) is 12.3 Å². The van der Waals surface area contributed by atoms with Crippen molar-refractivity contribution in [1.29, 1.82) is 0 Å². The highest BCUT2D eigenvalue weighted by Crippen LogP contribution is 2.77. The number of hydrogen-bond acceptors (Lipinski definition) is 2. The predicted octanol–water partition coefficient (Wildman–Crippen LogP) is 8.37. The molecule has 34 heavy (non-hydrogen) atoms. The van der Waals surface area contributed by atoms with Gasteiger partial charge >= 0.3 is 5.97 Å². The summed E-state index contributed by atoms with van der Waals surface area (Å²) in [6, 6.07) is 0. The van der Waals surface area contributed by atoms with Crippen LogP contribution < -0.4 is 0 Å². The molecule has 0 saturated heterocycles. The molecule has 4 fully saturated rings. The second kappa shape index (κ2) is 7.72. The normalized spacial score (nSPS) is 51.0. The van der Waals surface area contributed by atoms with Crippen LogP contribution >= 0.6 is 0 Å². The van der Waals surface area contributed by atoms with Gasteiger partial charge in [0.1, 0.15) is 0 Å². The van der Waals surface area contributed by atoms with Crippen molar-refractivity contribution in [3.05, 3.63) is 24.3 Å². The van der Waals surface area contributed by atoms with E-state index in [4.69, 9.17) is 4.74 Å². The van der Waals surface area contributed by atoms with Gasteiger partial charge in [-0.15, -0.1) is 0 Å². The molecule has 5 aliphatic carbocycles. The lowest BCUT2D eigenvalue weighted by Crippen LogP contribution is -2.65. The number of allylic oxidation sites excluding steroid dienone is 3. The van der Waals surface area contributed by atoms with Crippen LogP contribution in [0.2, 0.25) is 0 Å². The lowest BCUT2D eigenvalue weighted by Gasteiger charge is -2.72.